The minimum absolute atomic E-state index is 0.00345. The number of hydrogen-bond acceptors (Lipinski definition) is 3. The van der Waals surface area contributed by atoms with E-state index in [9.17, 15) is 4.79 Å². The van der Waals surface area contributed by atoms with E-state index in [0.717, 1.165) is 31.4 Å². The Bertz CT molecular complexity index is 452. The second-order valence-corrected chi connectivity index (χ2v) is 6.71. The van der Waals surface area contributed by atoms with E-state index in [2.05, 4.69) is 36.3 Å². The minimum Gasteiger partial charge on any atom is -0.325 e. The van der Waals surface area contributed by atoms with E-state index in [1.54, 1.807) is 0 Å². The smallest absolute Gasteiger partial charge is 0.227 e. The molecule has 1 saturated carbocycles. The second-order valence-electron chi connectivity index (χ2n) is 6.71. The molecule has 0 saturated heterocycles. The second kappa shape index (κ2) is 4.96. The fourth-order valence-electron chi connectivity index (χ4n) is 2.53. The van der Waals surface area contributed by atoms with Gasteiger partial charge in [0, 0.05) is 29.1 Å². The van der Waals surface area contributed by atoms with E-state index >= 15 is 0 Å². The van der Waals surface area contributed by atoms with Gasteiger partial charge in [-0.15, -0.1) is 0 Å². The van der Waals surface area contributed by atoms with Crippen LogP contribution in [0.1, 0.15) is 58.6 Å². The summed E-state index contributed by atoms with van der Waals surface area (Å²) in [5.41, 5.74) is 6.89. The van der Waals surface area contributed by atoms with Crippen LogP contribution in [0.4, 0.5) is 5.82 Å². The molecule has 0 aliphatic heterocycles. The first-order valence-electron chi connectivity index (χ1n) is 6.93. The average molecular weight is 264 g/mol. The summed E-state index contributed by atoms with van der Waals surface area (Å²) in [5, 5.41) is 9.91. The molecule has 19 heavy (non-hydrogen) atoms. The van der Waals surface area contributed by atoms with Crippen LogP contribution in [0.15, 0.2) is 6.07 Å². The summed E-state index contributed by atoms with van der Waals surface area (Å²) >= 11 is 0. The number of hydrogen-bond donors (Lipinski definition) is 3. The molecule has 1 amide bonds. The first kappa shape index (κ1) is 14.1. The highest BCUT2D eigenvalue weighted by atomic mass is 16.1. The highest BCUT2D eigenvalue weighted by molar-refractivity contribution is 5.90. The lowest BCUT2D eigenvalue weighted by atomic mass is 9.92. The number of aromatic nitrogens is 2. The van der Waals surface area contributed by atoms with Crippen LogP contribution in [0, 0.1) is 0 Å². The van der Waals surface area contributed by atoms with Gasteiger partial charge in [-0.05, 0) is 12.8 Å². The van der Waals surface area contributed by atoms with Crippen LogP contribution in [0.25, 0.3) is 0 Å². The predicted octanol–water partition coefficient (Wildman–Crippen LogP) is 2.31. The lowest BCUT2D eigenvalue weighted by Gasteiger charge is -2.22. The Morgan fingerprint density at radius 3 is 2.63 bits per heavy atom. The van der Waals surface area contributed by atoms with Crippen molar-refractivity contribution in [2.75, 3.05) is 5.32 Å². The predicted molar refractivity (Wildman–Crippen MR) is 75.9 cm³/mol. The fraction of sp³-hybridized carbons (Fsp3) is 0.714. The summed E-state index contributed by atoms with van der Waals surface area (Å²) in [4.78, 5) is 12.0. The van der Waals surface area contributed by atoms with Crippen LogP contribution >= 0.6 is 0 Å². The van der Waals surface area contributed by atoms with Crippen LogP contribution in [0.2, 0.25) is 0 Å². The van der Waals surface area contributed by atoms with E-state index in [-0.39, 0.29) is 16.9 Å². The zero-order chi connectivity index (χ0) is 14.1. The first-order chi connectivity index (χ1) is 8.78. The maximum atomic E-state index is 12.0. The molecule has 0 aromatic carbocycles. The van der Waals surface area contributed by atoms with E-state index < -0.39 is 0 Å². The van der Waals surface area contributed by atoms with E-state index in [1.165, 1.54) is 0 Å². The summed E-state index contributed by atoms with van der Waals surface area (Å²) in [6.07, 6.45) is 4.51. The molecule has 1 aliphatic rings. The number of rotatable bonds is 3. The Morgan fingerprint density at radius 1 is 1.47 bits per heavy atom. The largest absolute Gasteiger partial charge is 0.325 e. The molecule has 1 fully saturated rings. The zero-order valence-electron chi connectivity index (χ0n) is 12.0. The maximum Gasteiger partial charge on any atom is 0.227 e. The molecule has 1 aromatic heterocycles. The Hall–Kier alpha value is -1.36. The first-order valence-corrected chi connectivity index (χ1v) is 6.93. The van der Waals surface area contributed by atoms with Crippen molar-refractivity contribution >= 4 is 11.7 Å². The van der Waals surface area contributed by atoms with Gasteiger partial charge in [-0.1, -0.05) is 33.6 Å². The molecular formula is C14H24N4O. The van der Waals surface area contributed by atoms with Crippen molar-refractivity contribution in [1.82, 2.24) is 10.2 Å². The van der Waals surface area contributed by atoms with E-state index in [0.29, 0.717) is 12.2 Å². The van der Waals surface area contributed by atoms with Crippen LogP contribution in [0.5, 0.6) is 0 Å². The number of H-pyrrole nitrogens is 1. The molecule has 2 rings (SSSR count). The monoisotopic (exact) mass is 264 g/mol. The standard InChI is InChI=1S/C14H24N4O/c1-13(2,3)10-8-11(18-17-10)16-12(19)9-14(15)6-4-5-7-14/h8H,4-7,9,15H2,1-3H3,(H2,16,17,18,19). The van der Waals surface area contributed by atoms with Crippen molar-refractivity contribution in [2.24, 2.45) is 5.73 Å². The quantitative estimate of drug-likeness (QED) is 0.783. The lowest BCUT2D eigenvalue weighted by molar-refractivity contribution is -0.117. The highest BCUT2D eigenvalue weighted by Gasteiger charge is 2.31. The molecule has 4 N–H and O–H groups in total. The van der Waals surface area contributed by atoms with Crippen LogP contribution in [-0.2, 0) is 10.2 Å². The van der Waals surface area contributed by atoms with Crippen molar-refractivity contribution in [3.8, 4) is 0 Å². The Morgan fingerprint density at radius 2 is 2.11 bits per heavy atom. The topological polar surface area (TPSA) is 83.8 Å². The number of nitrogens with one attached hydrogen (secondary N) is 2. The molecule has 0 radical (unpaired) electrons. The molecule has 1 aliphatic carbocycles. The van der Waals surface area contributed by atoms with Gasteiger partial charge in [0.25, 0.3) is 0 Å². The van der Waals surface area contributed by atoms with Crippen LogP contribution < -0.4 is 11.1 Å². The van der Waals surface area contributed by atoms with Gasteiger partial charge in [0.05, 0.1) is 0 Å². The lowest BCUT2D eigenvalue weighted by Crippen LogP contribution is -2.40. The minimum atomic E-state index is -0.312. The van der Waals surface area contributed by atoms with E-state index in [1.807, 2.05) is 6.07 Å². The number of aromatic amines is 1. The molecule has 5 nitrogen and oxygen atoms in total. The molecule has 0 spiro atoms. The van der Waals surface area contributed by atoms with Crippen LogP contribution in [0.3, 0.4) is 0 Å². The fourth-order valence-corrected chi connectivity index (χ4v) is 2.53. The Balaban J connectivity index is 1.94. The van der Waals surface area contributed by atoms with Crippen molar-refractivity contribution in [3.05, 3.63) is 11.8 Å². The molecule has 1 heterocycles. The van der Waals surface area contributed by atoms with Gasteiger partial charge < -0.3 is 11.1 Å². The van der Waals surface area contributed by atoms with Crippen molar-refractivity contribution in [2.45, 2.75) is 63.8 Å². The summed E-state index contributed by atoms with van der Waals surface area (Å²) in [6, 6.07) is 1.88. The van der Waals surface area contributed by atoms with Gasteiger partial charge >= 0.3 is 0 Å². The third kappa shape index (κ3) is 3.56. The molecule has 1 aromatic rings. The van der Waals surface area contributed by atoms with Gasteiger partial charge in [-0.25, -0.2) is 0 Å². The Labute approximate surface area is 114 Å². The van der Waals surface area contributed by atoms with Gasteiger partial charge in [0.1, 0.15) is 0 Å². The number of carbonyl (C=O) groups is 1. The summed E-state index contributed by atoms with van der Waals surface area (Å²) in [5.74, 6) is 0.535. The number of nitrogens with two attached hydrogens (primary N) is 1. The Kier molecular flexibility index (Phi) is 3.67. The zero-order valence-corrected chi connectivity index (χ0v) is 12.0. The summed E-state index contributed by atoms with van der Waals surface area (Å²) in [7, 11) is 0. The van der Waals surface area contributed by atoms with Gasteiger partial charge in [-0.2, -0.15) is 5.10 Å². The number of nitrogens with zero attached hydrogens (tertiary/aromatic N) is 1. The van der Waals surface area contributed by atoms with Crippen molar-refractivity contribution < 1.29 is 4.79 Å². The molecule has 0 bridgehead atoms. The SMILES string of the molecule is CC(C)(C)c1cc(NC(=O)CC2(N)CCCC2)n[nH]1. The molecule has 0 atom stereocenters. The normalized spacial score (nSPS) is 18.5. The number of anilines is 1. The summed E-state index contributed by atoms with van der Waals surface area (Å²) in [6.45, 7) is 6.29. The highest BCUT2D eigenvalue weighted by Crippen LogP contribution is 2.30. The van der Waals surface area contributed by atoms with Gasteiger partial charge in [0.2, 0.25) is 5.91 Å². The van der Waals surface area contributed by atoms with Crippen molar-refractivity contribution in [3.63, 3.8) is 0 Å². The third-order valence-electron chi connectivity index (χ3n) is 3.77. The molecule has 5 heteroatoms. The third-order valence-corrected chi connectivity index (χ3v) is 3.77. The molecular weight excluding hydrogens is 240 g/mol. The van der Waals surface area contributed by atoms with Gasteiger partial charge in [-0.3, -0.25) is 9.89 Å². The average Bonchev–Trinajstić information content (AvgIpc) is 2.86. The molecule has 106 valence electrons. The van der Waals surface area contributed by atoms with Crippen molar-refractivity contribution in [1.29, 1.82) is 0 Å². The van der Waals surface area contributed by atoms with Gasteiger partial charge in [0.15, 0.2) is 5.82 Å². The maximum absolute atomic E-state index is 12.0. The number of amides is 1. The number of carbonyl (C=O) groups excluding carboxylic acids is 1. The summed E-state index contributed by atoms with van der Waals surface area (Å²) < 4.78 is 0. The van der Waals surface area contributed by atoms with E-state index in [4.69, 9.17) is 5.73 Å². The van der Waals surface area contributed by atoms with Crippen LogP contribution in [-0.4, -0.2) is 21.6 Å². The molecule has 0 unspecified atom stereocenters.